The number of phenols is 1. The highest BCUT2D eigenvalue weighted by Crippen LogP contribution is 2.18. The predicted molar refractivity (Wildman–Crippen MR) is 95.1 cm³/mol. The number of carbonyl (C=O) groups is 1. The fourth-order valence-electron chi connectivity index (χ4n) is 1.83. The lowest BCUT2D eigenvalue weighted by molar-refractivity contribution is 0.0697. The number of carboxylic acid groups (broad SMARTS) is 1. The van der Waals surface area contributed by atoms with Crippen LogP contribution in [0.1, 0.15) is 10.4 Å². The third-order valence-corrected chi connectivity index (χ3v) is 3.35. The van der Waals surface area contributed by atoms with Crippen LogP contribution in [0.25, 0.3) is 0 Å². The van der Waals surface area contributed by atoms with Crippen molar-refractivity contribution >= 4 is 34.9 Å². The van der Waals surface area contributed by atoms with Gasteiger partial charge in [-0.25, -0.2) is 9.18 Å². The molecule has 0 saturated carbocycles. The highest BCUT2D eigenvalue weighted by molar-refractivity contribution is 6.18. The molecule has 0 amide bonds. The molecule has 0 atom stereocenters. The molecule has 0 aliphatic rings. The summed E-state index contributed by atoms with van der Waals surface area (Å²) in [6.07, 6.45) is 0. The van der Waals surface area contributed by atoms with Gasteiger partial charge < -0.3 is 15.1 Å². The summed E-state index contributed by atoms with van der Waals surface area (Å²) in [6, 6.07) is 11.7. The first kappa shape index (κ1) is 20.1. The Morgan fingerprint density at radius 1 is 0.958 bits per heavy atom. The minimum atomic E-state index is -1.04. The maximum absolute atomic E-state index is 12.2. The minimum absolute atomic E-state index is 0.0985. The Kier molecular flexibility index (Phi) is 8.97. The van der Waals surface area contributed by atoms with Gasteiger partial charge >= 0.3 is 5.97 Å². The average molecular weight is 374 g/mol. The molecule has 0 aromatic heterocycles. The first-order chi connectivity index (χ1) is 11.5. The second kappa shape index (κ2) is 10.7. The summed E-state index contributed by atoms with van der Waals surface area (Å²) in [5.74, 6) is -0.0642. The Labute approximate surface area is 150 Å². The van der Waals surface area contributed by atoms with E-state index in [1.807, 2.05) is 12.1 Å². The van der Waals surface area contributed by atoms with Gasteiger partial charge in [0, 0.05) is 30.5 Å². The first-order valence-corrected chi connectivity index (χ1v) is 8.19. The van der Waals surface area contributed by atoms with Crippen LogP contribution in [0.4, 0.5) is 10.1 Å². The number of hydrogen-bond donors (Lipinski definition) is 2. The zero-order valence-electron chi connectivity index (χ0n) is 12.8. The lowest BCUT2D eigenvalue weighted by atomic mass is 10.2. The molecular formula is C17H18Cl2FNO3. The van der Waals surface area contributed by atoms with Crippen LogP contribution in [0, 0.1) is 5.82 Å². The van der Waals surface area contributed by atoms with Gasteiger partial charge in [0.05, 0.1) is 5.56 Å². The van der Waals surface area contributed by atoms with Crippen molar-refractivity contribution in [1.82, 2.24) is 0 Å². The Balaban J connectivity index is 0.000000254. The van der Waals surface area contributed by atoms with E-state index in [0.717, 1.165) is 30.9 Å². The van der Waals surface area contributed by atoms with Crippen LogP contribution in [-0.2, 0) is 0 Å². The Morgan fingerprint density at radius 2 is 1.46 bits per heavy atom. The Hall–Kier alpha value is -1.98. The van der Waals surface area contributed by atoms with E-state index in [1.165, 1.54) is 12.1 Å². The van der Waals surface area contributed by atoms with Gasteiger partial charge in [0.1, 0.15) is 11.6 Å². The van der Waals surface area contributed by atoms with Crippen molar-refractivity contribution in [2.24, 2.45) is 0 Å². The molecule has 0 bridgehead atoms. The van der Waals surface area contributed by atoms with Crippen LogP contribution in [0.3, 0.4) is 0 Å². The van der Waals surface area contributed by atoms with Crippen molar-refractivity contribution in [3.8, 4) is 5.75 Å². The second-order valence-corrected chi connectivity index (χ2v) is 5.45. The summed E-state index contributed by atoms with van der Waals surface area (Å²) in [4.78, 5) is 12.3. The van der Waals surface area contributed by atoms with Gasteiger partial charge in [-0.15, -0.1) is 23.2 Å². The second-order valence-electron chi connectivity index (χ2n) is 4.69. The molecule has 0 fully saturated rings. The first-order valence-electron chi connectivity index (χ1n) is 7.12. The molecule has 0 radical (unpaired) electrons. The average Bonchev–Trinajstić information content (AvgIpc) is 2.56. The van der Waals surface area contributed by atoms with Gasteiger partial charge in [-0.1, -0.05) is 0 Å². The van der Waals surface area contributed by atoms with Crippen molar-refractivity contribution in [3.63, 3.8) is 0 Å². The molecule has 0 heterocycles. The lowest BCUT2D eigenvalue weighted by Gasteiger charge is -2.22. The fourth-order valence-corrected chi connectivity index (χ4v) is 2.24. The maximum Gasteiger partial charge on any atom is 0.335 e. The molecule has 4 nitrogen and oxygen atoms in total. The van der Waals surface area contributed by atoms with Crippen LogP contribution in [0.5, 0.6) is 5.75 Å². The molecule has 7 heteroatoms. The summed E-state index contributed by atoms with van der Waals surface area (Å²) < 4.78 is 12.2. The van der Waals surface area contributed by atoms with Crippen LogP contribution in [-0.4, -0.2) is 41.0 Å². The van der Waals surface area contributed by atoms with Crippen molar-refractivity contribution in [2.75, 3.05) is 29.7 Å². The molecular weight excluding hydrogens is 356 g/mol. The van der Waals surface area contributed by atoms with E-state index >= 15 is 0 Å². The van der Waals surface area contributed by atoms with Gasteiger partial charge in [0.2, 0.25) is 0 Å². The molecule has 0 aliphatic carbocycles. The van der Waals surface area contributed by atoms with Gasteiger partial charge in [-0.05, 0) is 48.5 Å². The minimum Gasteiger partial charge on any atom is -0.508 e. The van der Waals surface area contributed by atoms with Crippen molar-refractivity contribution in [3.05, 3.63) is 59.9 Å². The molecule has 2 N–H and O–H groups in total. The van der Waals surface area contributed by atoms with Gasteiger partial charge in [-0.2, -0.15) is 0 Å². The normalized spacial score (nSPS) is 9.79. The number of halogens is 3. The van der Waals surface area contributed by atoms with Gasteiger partial charge in [-0.3, -0.25) is 0 Å². The summed E-state index contributed by atoms with van der Waals surface area (Å²) >= 11 is 11.4. The Morgan fingerprint density at radius 3 is 1.88 bits per heavy atom. The highest BCUT2D eigenvalue weighted by Gasteiger charge is 2.04. The smallest absolute Gasteiger partial charge is 0.335 e. The Bertz CT molecular complexity index is 615. The number of alkyl halides is 2. The van der Waals surface area contributed by atoms with Crippen molar-refractivity contribution in [1.29, 1.82) is 0 Å². The molecule has 0 spiro atoms. The quantitative estimate of drug-likeness (QED) is 0.744. The zero-order chi connectivity index (χ0) is 17.9. The van der Waals surface area contributed by atoms with E-state index < -0.39 is 11.8 Å². The van der Waals surface area contributed by atoms with E-state index in [1.54, 1.807) is 12.1 Å². The van der Waals surface area contributed by atoms with Crippen LogP contribution >= 0.6 is 23.2 Å². The van der Waals surface area contributed by atoms with Gasteiger partial charge in [0.25, 0.3) is 0 Å². The molecule has 2 rings (SSSR count). The van der Waals surface area contributed by atoms with E-state index in [9.17, 15) is 9.18 Å². The van der Waals surface area contributed by atoms with Crippen LogP contribution < -0.4 is 4.90 Å². The number of phenolic OH excluding ortho intramolecular Hbond substituents is 1. The highest BCUT2D eigenvalue weighted by atomic mass is 35.5. The monoisotopic (exact) mass is 373 g/mol. The summed E-state index contributed by atoms with van der Waals surface area (Å²) in [5, 5.41) is 17.5. The molecule has 2 aromatic rings. The predicted octanol–water partition coefficient (Wildman–Crippen LogP) is 4.20. The standard InChI is InChI=1S/C10H13Cl2NO.C7H5FO2/c11-5-7-13(8-6-12)9-1-3-10(14)4-2-9;8-6-3-1-5(2-4-6)7(9)10/h1-4,14H,5-8H2;1-4H,(H,9,10). The van der Waals surface area contributed by atoms with Gasteiger partial charge in [0.15, 0.2) is 0 Å². The lowest BCUT2D eigenvalue weighted by Crippen LogP contribution is -2.27. The topological polar surface area (TPSA) is 60.8 Å². The van der Waals surface area contributed by atoms with Crippen LogP contribution in [0.2, 0.25) is 0 Å². The van der Waals surface area contributed by atoms with Crippen molar-refractivity contribution in [2.45, 2.75) is 0 Å². The number of rotatable bonds is 6. The molecule has 0 unspecified atom stereocenters. The zero-order valence-corrected chi connectivity index (χ0v) is 14.3. The van der Waals surface area contributed by atoms with E-state index in [0.29, 0.717) is 11.8 Å². The number of aromatic carboxylic acids is 1. The van der Waals surface area contributed by atoms with Crippen LogP contribution in [0.15, 0.2) is 48.5 Å². The largest absolute Gasteiger partial charge is 0.508 e. The summed E-state index contributed by atoms with van der Waals surface area (Å²) in [5.41, 5.74) is 1.13. The molecule has 0 saturated heterocycles. The SMILES string of the molecule is O=C(O)c1ccc(F)cc1.Oc1ccc(N(CCCl)CCCl)cc1. The van der Waals surface area contributed by atoms with Crippen molar-refractivity contribution < 1.29 is 19.4 Å². The van der Waals surface area contributed by atoms with E-state index in [4.69, 9.17) is 33.4 Å². The number of benzene rings is 2. The fraction of sp³-hybridized carbons (Fsp3) is 0.235. The molecule has 130 valence electrons. The number of carboxylic acids is 1. The molecule has 0 aliphatic heterocycles. The number of hydrogen-bond acceptors (Lipinski definition) is 3. The third kappa shape index (κ3) is 7.06. The number of nitrogens with zero attached hydrogens (tertiary/aromatic N) is 1. The summed E-state index contributed by atoms with van der Waals surface area (Å²) in [7, 11) is 0. The number of aromatic hydroxyl groups is 1. The number of anilines is 1. The van der Waals surface area contributed by atoms with E-state index in [2.05, 4.69) is 4.90 Å². The maximum atomic E-state index is 12.2. The third-order valence-electron chi connectivity index (χ3n) is 3.01. The molecule has 2 aromatic carbocycles. The summed E-state index contributed by atoms with van der Waals surface area (Å²) in [6.45, 7) is 1.53. The molecule has 24 heavy (non-hydrogen) atoms. The van der Waals surface area contributed by atoms with E-state index in [-0.39, 0.29) is 11.3 Å².